The zero-order valence-electron chi connectivity index (χ0n) is 17.1. The summed E-state index contributed by atoms with van der Waals surface area (Å²) < 4.78 is 15.6. The fraction of sp³-hybridized carbons (Fsp3) is 0.318. The van der Waals surface area contributed by atoms with Crippen LogP contribution in [0.25, 0.3) is 0 Å². The van der Waals surface area contributed by atoms with Crippen molar-refractivity contribution in [3.05, 3.63) is 60.2 Å². The summed E-state index contributed by atoms with van der Waals surface area (Å²) >= 11 is 0. The number of imide groups is 1. The normalized spacial score (nSPS) is 16.3. The predicted molar refractivity (Wildman–Crippen MR) is 109 cm³/mol. The van der Waals surface area contributed by atoms with Crippen molar-refractivity contribution >= 4 is 23.4 Å². The second-order valence-electron chi connectivity index (χ2n) is 6.71. The molecule has 0 aromatic heterocycles. The number of ether oxygens (including phenoxy) is 3. The number of carbonyl (C=O) groups is 3. The van der Waals surface area contributed by atoms with Gasteiger partial charge in [0.1, 0.15) is 11.8 Å². The number of amides is 3. The molecule has 1 saturated heterocycles. The lowest BCUT2D eigenvalue weighted by molar-refractivity contribution is -0.128. The molecule has 1 fully saturated rings. The quantitative estimate of drug-likeness (QED) is 0.488. The van der Waals surface area contributed by atoms with Crippen LogP contribution in [0.15, 0.2) is 54.6 Å². The van der Waals surface area contributed by atoms with E-state index in [1.807, 2.05) is 0 Å². The Hall–Kier alpha value is -3.23. The molecular weight excluding hydrogens is 388 g/mol. The summed E-state index contributed by atoms with van der Waals surface area (Å²) in [6, 6.07) is 14.2. The third-order valence-electron chi connectivity index (χ3n) is 4.98. The number of nitrogens with zero attached hydrogens (tertiary/aromatic N) is 2. The molecule has 3 amide bonds. The Morgan fingerprint density at radius 3 is 2.23 bits per heavy atom. The first-order chi connectivity index (χ1) is 14.5. The van der Waals surface area contributed by atoms with Crippen molar-refractivity contribution in [2.24, 2.45) is 0 Å². The highest BCUT2D eigenvalue weighted by molar-refractivity contribution is 6.23. The molecule has 8 nitrogen and oxygen atoms in total. The van der Waals surface area contributed by atoms with Gasteiger partial charge in [0.05, 0.1) is 25.8 Å². The number of benzene rings is 2. The second-order valence-corrected chi connectivity index (χ2v) is 6.71. The van der Waals surface area contributed by atoms with E-state index in [1.165, 1.54) is 26.2 Å². The topological polar surface area (TPSA) is 85.4 Å². The minimum Gasteiger partial charge on any atom is -0.497 e. The van der Waals surface area contributed by atoms with E-state index in [0.29, 0.717) is 17.0 Å². The van der Waals surface area contributed by atoms with Crippen molar-refractivity contribution in [2.75, 3.05) is 32.8 Å². The van der Waals surface area contributed by atoms with Crippen molar-refractivity contribution in [1.82, 2.24) is 4.90 Å². The molecule has 1 atom stereocenters. The first-order valence-corrected chi connectivity index (χ1v) is 9.42. The van der Waals surface area contributed by atoms with E-state index < -0.39 is 24.1 Å². The third kappa shape index (κ3) is 4.34. The van der Waals surface area contributed by atoms with Crippen molar-refractivity contribution in [3.8, 4) is 5.75 Å². The van der Waals surface area contributed by atoms with Crippen molar-refractivity contribution in [1.29, 1.82) is 0 Å². The van der Waals surface area contributed by atoms with Gasteiger partial charge in [-0.05, 0) is 36.4 Å². The molecule has 0 radical (unpaired) electrons. The fourth-order valence-corrected chi connectivity index (χ4v) is 3.36. The number of methoxy groups -OCH3 is 3. The molecule has 2 aromatic rings. The zero-order chi connectivity index (χ0) is 21.7. The first kappa shape index (κ1) is 21.5. The van der Waals surface area contributed by atoms with Gasteiger partial charge in [-0.25, -0.2) is 4.90 Å². The summed E-state index contributed by atoms with van der Waals surface area (Å²) in [6.07, 6.45) is -0.864. The molecule has 1 aliphatic heterocycles. The Morgan fingerprint density at radius 1 is 1.03 bits per heavy atom. The van der Waals surface area contributed by atoms with Crippen LogP contribution < -0.4 is 9.64 Å². The van der Waals surface area contributed by atoms with Gasteiger partial charge >= 0.3 is 0 Å². The highest BCUT2D eigenvalue weighted by Gasteiger charge is 2.45. The average molecular weight is 412 g/mol. The number of rotatable bonds is 8. The van der Waals surface area contributed by atoms with Crippen molar-refractivity contribution in [3.63, 3.8) is 0 Å². The van der Waals surface area contributed by atoms with E-state index >= 15 is 0 Å². The van der Waals surface area contributed by atoms with Crippen LogP contribution in [0, 0.1) is 0 Å². The lowest BCUT2D eigenvalue weighted by Crippen LogP contribution is -2.49. The molecule has 1 unspecified atom stereocenters. The van der Waals surface area contributed by atoms with Gasteiger partial charge in [-0.3, -0.25) is 14.4 Å². The highest BCUT2D eigenvalue weighted by Crippen LogP contribution is 2.27. The molecule has 0 saturated carbocycles. The van der Waals surface area contributed by atoms with E-state index in [9.17, 15) is 14.4 Å². The van der Waals surface area contributed by atoms with Crippen molar-refractivity contribution < 1.29 is 28.6 Å². The Bertz CT molecular complexity index is 896. The van der Waals surface area contributed by atoms with Crippen LogP contribution in [0.4, 0.5) is 5.69 Å². The lowest BCUT2D eigenvalue weighted by Gasteiger charge is -2.30. The van der Waals surface area contributed by atoms with E-state index in [1.54, 1.807) is 54.6 Å². The zero-order valence-corrected chi connectivity index (χ0v) is 17.1. The smallest absolute Gasteiger partial charge is 0.257 e. The largest absolute Gasteiger partial charge is 0.497 e. The summed E-state index contributed by atoms with van der Waals surface area (Å²) in [7, 11) is 4.43. The molecule has 0 aliphatic carbocycles. The molecule has 158 valence electrons. The molecule has 0 N–H and O–H groups in total. The van der Waals surface area contributed by atoms with Crippen LogP contribution >= 0.6 is 0 Å². The molecule has 0 bridgehead atoms. The molecule has 8 heteroatoms. The van der Waals surface area contributed by atoms with Gasteiger partial charge in [0.25, 0.3) is 11.8 Å². The third-order valence-corrected chi connectivity index (χ3v) is 4.98. The number of hydrogen-bond acceptors (Lipinski definition) is 6. The second kappa shape index (κ2) is 9.51. The summed E-state index contributed by atoms with van der Waals surface area (Å²) in [5.74, 6) is -0.626. The summed E-state index contributed by atoms with van der Waals surface area (Å²) in [5.41, 5.74) is 0.835. The molecule has 2 aromatic carbocycles. The molecule has 30 heavy (non-hydrogen) atoms. The molecule has 1 aliphatic rings. The number of hydrogen-bond donors (Lipinski definition) is 0. The fourth-order valence-electron chi connectivity index (χ4n) is 3.36. The van der Waals surface area contributed by atoms with Gasteiger partial charge < -0.3 is 19.1 Å². The average Bonchev–Trinajstić information content (AvgIpc) is 3.08. The molecule has 0 spiro atoms. The minimum absolute atomic E-state index is 0.00974. The van der Waals surface area contributed by atoms with E-state index in [2.05, 4.69) is 0 Å². The van der Waals surface area contributed by atoms with Crippen LogP contribution in [-0.2, 0) is 19.1 Å². The van der Waals surface area contributed by atoms with Gasteiger partial charge in [-0.15, -0.1) is 0 Å². The highest BCUT2D eigenvalue weighted by atomic mass is 16.7. The van der Waals surface area contributed by atoms with Crippen LogP contribution in [-0.4, -0.2) is 62.8 Å². The summed E-state index contributed by atoms with van der Waals surface area (Å²) in [5, 5.41) is 0. The van der Waals surface area contributed by atoms with Gasteiger partial charge in [-0.2, -0.15) is 0 Å². The Kier molecular flexibility index (Phi) is 6.81. The van der Waals surface area contributed by atoms with Gasteiger partial charge in [0.15, 0.2) is 6.29 Å². The predicted octanol–water partition coefficient (Wildman–Crippen LogP) is 2.09. The maximum Gasteiger partial charge on any atom is 0.257 e. The van der Waals surface area contributed by atoms with Gasteiger partial charge in [0, 0.05) is 19.8 Å². The Labute approximate surface area is 174 Å². The van der Waals surface area contributed by atoms with Crippen LogP contribution in [0.2, 0.25) is 0 Å². The van der Waals surface area contributed by atoms with Crippen LogP contribution in [0.5, 0.6) is 5.75 Å². The van der Waals surface area contributed by atoms with E-state index in [-0.39, 0.29) is 18.9 Å². The standard InChI is InChI=1S/C22H24N2O6/c1-28-17-11-9-15(10-12-17)21(26)23(14-20(29-2)30-3)18-13-19(25)24(22(18)27)16-7-5-4-6-8-16/h4-12,18,20H,13-14H2,1-3H3. The molecular formula is C22H24N2O6. The Morgan fingerprint density at radius 2 is 1.67 bits per heavy atom. The monoisotopic (exact) mass is 412 g/mol. The summed E-state index contributed by atoms with van der Waals surface area (Å²) in [4.78, 5) is 41.6. The lowest BCUT2D eigenvalue weighted by atomic mass is 10.1. The number of carbonyl (C=O) groups excluding carboxylic acids is 3. The molecule has 3 rings (SSSR count). The van der Waals surface area contributed by atoms with Crippen molar-refractivity contribution in [2.45, 2.75) is 18.8 Å². The molecule has 1 heterocycles. The Balaban J connectivity index is 1.92. The van der Waals surface area contributed by atoms with E-state index in [4.69, 9.17) is 14.2 Å². The first-order valence-electron chi connectivity index (χ1n) is 9.42. The minimum atomic E-state index is -0.958. The van der Waals surface area contributed by atoms with Gasteiger partial charge in [0.2, 0.25) is 5.91 Å². The maximum atomic E-state index is 13.3. The summed E-state index contributed by atoms with van der Waals surface area (Å²) in [6.45, 7) is -0.00974. The van der Waals surface area contributed by atoms with Gasteiger partial charge in [-0.1, -0.05) is 18.2 Å². The van der Waals surface area contributed by atoms with E-state index in [0.717, 1.165) is 4.90 Å². The van der Waals surface area contributed by atoms with Crippen LogP contribution in [0.1, 0.15) is 16.8 Å². The van der Waals surface area contributed by atoms with Crippen LogP contribution in [0.3, 0.4) is 0 Å². The number of anilines is 1. The maximum absolute atomic E-state index is 13.3. The number of para-hydroxylation sites is 1. The SMILES string of the molecule is COc1ccc(C(=O)N(CC(OC)OC)C2CC(=O)N(c3ccccc3)C2=O)cc1.